The highest BCUT2D eigenvalue weighted by molar-refractivity contribution is 5.93. The summed E-state index contributed by atoms with van der Waals surface area (Å²) in [6, 6.07) is 16.5. The fourth-order valence-electron chi connectivity index (χ4n) is 4.02. The number of amides is 1. The third-order valence-electron chi connectivity index (χ3n) is 5.69. The molecule has 7 nitrogen and oxygen atoms in total. The van der Waals surface area contributed by atoms with Crippen LogP contribution in [0, 0.1) is 20.8 Å². The maximum atomic E-state index is 13.0. The van der Waals surface area contributed by atoms with Crippen molar-refractivity contribution in [1.29, 1.82) is 0 Å². The summed E-state index contributed by atoms with van der Waals surface area (Å²) in [5.41, 5.74) is 5.27. The SMILES string of the molecule is Cc1ccc(-n2nc(C)c(C(=O)NCC(c3ccccc3)N3CCOCC3)n2)c(C)c1. The molecule has 2 aromatic carbocycles. The average Bonchev–Trinajstić information content (AvgIpc) is 3.16. The number of nitrogens with zero attached hydrogens (tertiary/aromatic N) is 4. The number of aromatic nitrogens is 3. The third kappa shape index (κ3) is 4.84. The van der Waals surface area contributed by atoms with Crippen LogP contribution in [0.5, 0.6) is 0 Å². The van der Waals surface area contributed by atoms with E-state index in [1.165, 1.54) is 11.1 Å². The first kappa shape index (κ1) is 21.2. The minimum atomic E-state index is -0.206. The van der Waals surface area contributed by atoms with E-state index in [1.54, 1.807) is 4.80 Å². The first-order valence-electron chi connectivity index (χ1n) is 10.7. The average molecular weight is 420 g/mol. The van der Waals surface area contributed by atoms with Gasteiger partial charge in [-0.25, -0.2) is 0 Å². The molecule has 7 heteroatoms. The lowest BCUT2D eigenvalue weighted by molar-refractivity contribution is 0.0162. The van der Waals surface area contributed by atoms with Gasteiger partial charge in [0.05, 0.1) is 30.6 Å². The molecule has 2 heterocycles. The van der Waals surface area contributed by atoms with Gasteiger partial charge in [0.15, 0.2) is 5.69 Å². The fourth-order valence-corrected chi connectivity index (χ4v) is 4.02. The fraction of sp³-hybridized carbons (Fsp3) is 0.375. The highest BCUT2D eigenvalue weighted by Crippen LogP contribution is 2.21. The zero-order chi connectivity index (χ0) is 21.8. The molecule has 4 rings (SSSR count). The number of benzene rings is 2. The summed E-state index contributed by atoms with van der Waals surface area (Å²) >= 11 is 0. The molecule has 0 bridgehead atoms. The van der Waals surface area contributed by atoms with Gasteiger partial charge in [0.2, 0.25) is 0 Å². The van der Waals surface area contributed by atoms with Gasteiger partial charge in [0, 0.05) is 19.6 Å². The summed E-state index contributed by atoms with van der Waals surface area (Å²) in [7, 11) is 0. The van der Waals surface area contributed by atoms with Crippen LogP contribution in [0.1, 0.15) is 38.9 Å². The van der Waals surface area contributed by atoms with E-state index in [1.807, 2.05) is 44.2 Å². The largest absolute Gasteiger partial charge is 0.379 e. The monoisotopic (exact) mass is 419 g/mol. The molecule has 1 N–H and O–H groups in total. The number of hydrogen-bond acceptors (Lipinski definition) is 5. The topological polar surface area (TPSA) is 72.3 Å². The molecule has 31 heavy (non-hydrogen) atoms. The zero-order valence-corrected chi connectivity index (χ0v) is 18.3. The first-order valence-corrected chi connectivity index (χ1v) is 10.7. The van der Waals surface area contributed by atoms with Crippen LogP contribution in [0.25, 0.3) is 5.69 Å². The summed E-state index contributed by atoms with van der Waals surface area (Å²) in [6.45, 7) is 9.50. The number of ether oxygens (including phenoxy) is 1. The molecule has 162 valence electrons. The lowest BCUT2D eigenvalue weighted by atomic mass is 10.0. The number of morpholine rings is 1. The van der Waals surface area contributed by atoms with Crippen molar-refractivity contribution in [2.24, 2.45) is 0 Å². The van der Waals surface area contributed by atoms with Gasteiger partial charge in [-0.1, -0.05) is 48.0 Å². The molecule has 0 aliphatic carbocycles. The van der Waals surface area contributed by atoms with Gasteiger partial charge in [-0.15, -0.1) is 5.10 Å². The van der Waals surface area contributed by atoms with Crippen molar-refractivity contribution in [3.05, 3.63) is 76.6 Å². The summed E-state index contributed by atoms with van der Waals surface area (Å²) in [6.07, 6.45) is 0. The van der Waals surface area contributed by atoms with Gasteiger partial charge in [0.25, 0.3) is 5.91 Å². The number of carbonyl (C=O) groups is 1. The van der Waals surface area contributed by atoms with Crippen molar-refractivity contribution in [2.75, 3.05) is 32.8 Å². The van der Waals surface area contributed by atoms with E-state index < -0.39 is 0 Å². The first-order chi connectivity index (χ1) is 15.0. The lowest BCUT2D eigenvalue weighted by Crippen LogP contribution is -2.44. The van der Waals surface area contributed by atoms with E-state index >= 15 is 0 Å². The summed E-state index contributed by atoms with van der Waals surface area (Å²) in [4.78, 5) is 16.9. The molecule has 1 aliphatic heterocycles. The Kier molecular flexibility index (Phi) is 6.44. The van der Waals surface area contributed by atoms with Crippen LogP contribution < -0.4 is 5.32 Å². The summed E-state index contributed by atoms with van der Waals surface area (Å²) < 4.78 is 5.51. The molecule has 0 saturated carbocycles. The quantitative estimate of drug-likeness (QED) is 0.665. The number of nitrogens with one attached hydrogen (secondary N) is 1. The normalized spacial score (nSPS) is 15.6. The van der Waals surface area contributed by atoms with E-state index in [9.17, 15) is 4.79 Å². The van der Waals surface area contributed by atoms with E-state index in [4.69, 9.17) is 4.74 Å². The zero-order valence-electron chi connectivity index (χ0n) is 18.3. The van der Waals surface area contributed by atoms with Crippen molar-refractivity contribution in [2.45, 2.75) is 26.8 Å². The molecule has 1 unspecified atom stereocenters. The second kappa shape index (κ2) is 9.41. The van der Waals surface area contributed by atoms with Crippen molar-refractivity contribution < 1.29 is 9.53 Å². The van der Waals surface area contributed by atoms with Gasteiger partial charge >= 0.3 is 0 Å². The van der Waals surface area contributed by atoms with Crippen molar-refractivity contribution in [1.82, 2.24) is 25.2 Å². The van der Waals surface area contributed by atoms with Crippen molar-refractivity contribution >= 4 is 5.91 Å². The molecule has 1 aromatic heterocycles. The molecule has 1 fully saturated rings. The highest BCUT2D eigenvalue weighted by Gasteiger charge is 2.24. The second-order valence-electron chi connectivity index (χ2n) is 8.00. The number of aryl methyl sites for hydroxylation is 3. The van der Waals surface area contributed by atoms with Crippen LogP contribution in [0.4, 0.5) is 0 Å². The third-order valence-corrected chi connectivity index (χ3v) is 5.69. The van der Waals surface area contributed by atoms with Gasteiger partial charge in [-0.05, 0) is 38.0 Å². The van der Waals surface area contributed by atoms with Crippen LogP contribution in [0.3, 0.4) is 0 Å². The van der Waals surface area contributed by atoms with Crippen LogP contribution in [-0.2, 0) is 4.74 Å². The lowest BCUT2D eigenvalue weighted by Gasteiger charge is -2.34. The Labute approximate surface area is 183 Å². The maximum absolute atomic E-state index is 13.0. The van der Waals surface area contributed by atoms with E-state index in [2.05, 4.69) is 45.5 Å². The molecular weight excluding hydrogens is 390 g/mol. The molecule has 1 amide bonds. The number of hydrogen-bond donors (Lipinski definition) is 1. The highest BCUT2D eigenvalue weighted by atomic mass is 16.5. The Bertz CT molecular complexity index is 1040. The number of carbonyl (C=O) groups excluding carboxylic acids is 1. The molecular formula is C24H29N5O2. The summed E-state index contributed by atoms with van der Waals surface area (Å²) in [5.74, 6) is -0.206. The van der Waals surface area contributed by atoms with Crippen molar-refractivity contribution in [3.63, 3.8) is 0 Å². The second-order valence-corrected chi connectivity index (χ2v) is 8.00. The molecule has 1 aliphatic rings. The standard InChI is InChI=1S/C24H29N5O2/c1-17-9-10-21(18(2)15-17)29-26-19(3)23(27-29)24(30)25-16-22(20-7-5-4-6-8-20)28-11-13-31-14-12-28/h4-10,15,22H,11-14,16H2,1-3H3,(H,25,30). The Hall–Kier alpha value is -3.03. The number of rotatable bonds is 6. The van der Waals surface area contributed by atoms with E-state index in [0.717, 1.165) is 24.3 Å². The van der Waals surface area contributed by atoms with Gasteiger partial charge in [-0.3, -0.25) is 9.69 Å². The Morgan fingerprint density at radius 2 is 1.81 bits per heavy atom. The van der Waals surface area contributed by atoms with Crippen LogP contribution in [0.2, 0.25) is 0 Å². The van der Waals surface area contributed by atoms with Gasteiger partial charge < -0.3 is 10.1 Å². The smallest absolute Gasteiger partial charge is 0.273 e. The summed E-state index contributed by atoms with van der Waals surface area (Å²) in [5, 5.41) is 12.1. The Morgan fingerprint density at radius 1 is 1.06 bits per heavy atom. The minimum absolute atomic E-state index is 0.0868. The van der Waals surface area contributed by atoms with Crippen LogP contribution >= 0.6 is 0 Å². The molecule has 1 atom stereocenters. The van der Waals surface area contributed by atoms with Crippen LogP contribution in [0.15, 0.2) is 48.5 Å². The van der Waals surface area contributed by atoms with Gasteiger partial charge in [-0.2, -0.15) is 9.90 Å². The van der Waals surface area contributed by atoms with Gasteiger partial charge in [0.1, 0.15) is 0 Å². The Morgan fingerprint density at radius 3 is 2.52 bits per heavy atom. The maximum Gasteiger partial charge on any atom is 0.273 e. The van der Waals surface area contributed by atoms with E-state index in [-0.39, 0.29) is 11.9 Å². The molecule has 1 saturated heterocycles. The van der Waals surface area contributed by atoms with Crippen LogP contribution in [-0.4, -0.2) is 58.6 Å². The van der Waals surface area contributed by atoms with E-state index in [0.29, 0.717) is 31.1 Å². The minimum Gasteiger partial charge on any atom is -0.379 e. The Balaban J connectivity index is 1.51. The predicted molar refractivity (Wildman–Crippen MR) is 119 cm³/mol. The molecule has 0 radical (unpaired) electrons. The molecule has 0 spiro atoms. The molecule has 3 aromatic rings. The van der Waals surface area contributed by atoms with Crippen molar-refractivity contribution in [3.8, 4) is 5.69 Å². The predicted octanol–water partition coefficient (Wildman–Crippen LogP) is 3.00.